The summed E-state index contributed by atoms with van der Waals surface area (Å²) in [6.07, 6.45) is 7.60. The lowest BCUT2D eigenvalue weighted by Gasteiger charge is -2.44. The van der Waals surface area contributed by atoms with Crippen LogP contribution in [0, 0.1) is 5.92 Å². The number of hydrogen-bond donors (Lipinski definition) is 1. The van der Waals surface area contributed by atoms with Crippen LogP contribution in [-0.4, -0.2) is 16.9 Å². The molecule has 0 amide bonds. The summed E-state index contributed by atoms with van der Waals surface area (Å²) in [6, 6.07) is 5.66. The Labute approximate surface area is 131 Å². The van der Waals surface area contributed by atoms with Crippen LogP contribution in [0.25, 0.3) is 0 Å². The molecule has 0 heterocycles. The van der Waals surface area contributed by atoms with Crippen molar-refractivity contribution in [3.05, 3.63) is 34.9 Å². The van der Waals surface area contributed by atoms with Crippen LogP contribution in [0.5, 0.6) is 0 Å². The van der Waals surface area contributed by atoms with Crippen LogP contribution >= 0.6 is 0 Å². The van der Waals surface area contributed by atoms with Gasteiger partial charge in [0.2, 0.25) is 0 Å². The molecule has 0 spiro atoms. The molecule has 1 saturated carbocycles. The second kappa shape index (κ2) is 5.86. The van der Waals surface area contributed by atoms with Gasteiger partial charge in [0.15, 0.2) is 0 Å². The van der Waals surface area contributed by atoms with E-state index in [0.29, 0.717) is 30.1 Å². The van der Waals surface area contributed by atoms with Gasteiger partial charge in [-0.05, 0) is 66.7 Å². The van der Waals surface area contributed by atoms with Crippen LogP contribution in [0.3, 0.4) is 0 Å². The first-order valence-corrected chi connectivity index (χ1v) is 8.45. The van der Waals surface area contributed by atoms with Gasteiger partial charge in [-0.25, -0.2) is 4.79 Å². The number of aromatic carboxylic acids is 1. The van der Waals surface area contributed by atoms with Gasteiger partial charge in [-0.1, -0.05) is 19.4 Å². The molecular weight excluding hydrogens is 276 g/mol. The van der Waals surface area contributed by atoms with E-state index in [0.717, 1.165) is 38.5 Å². The molecule has 0 radical (unpaired) electrons. The summed E-state index contributed by atoms with van der Waals surface area (Å²) >= 11 is 0. The highest BCUT2D eigenvalue weighted by Gasteiger charge is 2.45. The third-order valence-corrected chi connectivity index (χ3v) is 5.69. The van der Waals surface area contributed by atoms with Gasteiger partial charge in [-0.2, -0.15) is 0 Å². The van der Waals surface area contributed by atoms with Crippen molar-refractivity contribution < 1.29 is 14.7 Å². The first kappa shape index (κ1) is 15.3. The number of carboxylic acid groups (broad SMARTS) is 1. The average Bonchev–Trinajstić information content (AvgIpc) is 2.64. The van der Waals surface area contributed by atoms with E-state index in [9.17, 15) is 14.7 Å². The van der Waals surface area contributed by atoms with Crippen LogP contribution in [-0.2, 0) is 16.6 Å². The third kappa shape index (κ3) is 2.47. The molecule has 3 heteroatoms. The average molecular weight is 300 g/mol. The Morgan fingerprint density at radius 3 is 2.91 bits per heavy atom. The van der Waals surface area contributed by atoms with Crippen molar-refractivity contribution in [2.45, 2.75) is 63.7 Å². The highest BCUT2D eigenvalue weighted by Crippen LogP contribution is 2.51. The van der Waals surface area contributed by atoms with E-state index < -0.39 is 5.97 Å². The Bertz CT molecular complexity index is 605. The number of carbonyl (C=O) groups excluding carboxylic acids is 1. The van der Waals surface area contributed by atoms with Crippen molar-refractivity contribution in [3.63, 3.8) is 0 Å². The summed E-state index contributed by atoms with van der Waals surface area (Å²) in [7, 11) is 0. The monoisotopic (exact) mass is 300 g/mol. The Morgan fingerprint density at radius 2 is 2.18 bits per heavy atom. The van der Waals surface area contributed by atoms with Crippen LogP contribution in [0.1, 0.15) is 73.4 Å². The highest BCUT2D eigenvalue weighted by atomic mass is 16.4. The van der Waals surface area contributed by atoms with Crippen molar-refractivity contribution in [3.8, 4) is 0 Å². The number of ketones is 1. The molecule has 2 atom stereocenters. The van der Waals surface area contributed by atoms with E-state index in [4.69, 9.17) is 0 Å². The molecule has 0 aliphatic heterocycles. The smallest absolute Gasteiger partial charge is 0.335 e. The van der Waals surface area contributed by atoms with E-state index >= 15 is 0 Å². The molecule has 2 aliphatic rings. The lowest BCUT2D eigenvalue weighted by molar-refractivity contribution is -0.123. The van der Waals surface area contributed by atoms with Gasteiger partial charge in [0.05, 0.1) is 5.56 Å². The lowest BCUT2D eigenvalue weighted by Crippen LogP contribution is -2.40. The Morgan fingerprint density at radius 1 is 1.36 bits per heavy atom. The normalized spacial score (nSPS) is 27.7. The first-order chi connectivity index (χ1) is 10.6. The summed E-state index contributed by atoms with van der Waals surface area (Å²) in [4.78, 5) is 23.2. The van der Waals surface area contributed by atoms with Gasteiger partial charge in [0, 0.05) is 12.8 Å². The van der Waals surface area contributed by atoms with Crippen molar-refractivity contribution in [2.24, 2.45) is 5.92 Å². The summed E-state index contributed by atoms with van der Waals surface area (Å²) in [6.45, 7) is 2.21. The van der Waals surface area contributed by atoms with Gasteiger partial charge in [-0.3, -0.25) is 4.79 Å². The van der Waals surface area contributed by atoms with Gasteiger partial charge < -0.3 is 5.11 Å². The minimum Gasteiger partial charge on any atom is -0.478 e. The fourth-order valence-electron chi connectivity index (χ4n) is 4.74. The number of hydrogen-bond acceptors (Lipinski definition) is 2. The van der Waals surface area contributed by atoms with Crippen molar-refractivity contribution in [1.82, 2.24) is 0 Å². The predicted octanol–water partition coefficient (Wildman–Crippen LogP) is 4.13. The highest BCUT2D eigenvalue weighted by molar-refractivity contribution is 5.88. The standard InChI is InChI=1S/C19H24O3/c1-2-9-19-10-8-16(20)12-15(19)5-3-4-13-11-14(18(21)22)6-7-17(13)19/h6-7,11,15H,2-5,8-10,12H2,1H3,(H,21,22)/t15-,19+/m1/s1. The Balaban J connectivity index is 2.11. The van der Waals surface area contributed by atoms with Crippen molar-refractivity contribution in [1.29, 1.82) is 0 Å². The number of aryl methyl sites for hydroxylation is 1. The van der Waals surface area contributed by atoms with E-state index in [1.807, 2.05) is 12.1 Å². The third-order valence-electron chi connectivity index (χ3n) is 5.69. The number of carbonyl (C=O) groups is 2. The molecule has 1 fully saturated rings. The fraction of sp³-hybridized carbons (Fsp3) is 0.579. The molecule has 22 heavy (non-hydrogen) atoms. The fourth-order valence-corrected chi connectivity index (χ4v) is 4.74. The summed E-state index contributed by atoms with van der Waals surface area (Å²) < 4.78 is 0. The first-order valence-electron chi connectivity index (χ1n) is 8.45. The van der Waals surface area contributed by atoms with Gasteiger partial charge >= 0.3 is 5.97 Å². The van der Waals surface area contributed by atoms with E-state index in [2.05, 4.69) is 6.92 Å². The van der Waals surface area contributed by atoms with Gasteiger partial charge in [0.25, 0.3) is 0 Å². The zero-order valence-corrected chi connectivity index (χ0v) is 13.2. The quantitative estimate of drug-likeness (QED) is 0.913. The second-order valence-corrected chi connectivity index (χ2v) is 6.92. The number of Topliss-reactive ketones (excluding diaryl/α,β-unsaturated/α-hetero) is 1. The molecule has 118 valence electrons. The Kier molecular flexibility index (Phi) is 4.07. The van der Waals surface area contributed by atoms with E-state index in [1.54, 1.807) is 6.07 Å². The number of carboxylic acids is 1. The number of benzene rings is 1. The van der Waals surface area contributed by atoms with Crippen LogP contribution < -0.4 is 0 Å². The molecule has 1 N–H and O–H groups in total. The predicted molar refractivity (Wildman–Crippen MR) is 85.3 cm³/mol. The maximum atomic E-state index is 12.0. The minimum atomic E-state index is -0.855. The van der Waals surface area contributed by atoms with Crippen molar-refractivity contribution in [2.75, 3.05) is 0 Å². The van der Waals surface area contributed by atoms with E-state index in [-0.39, 0.29) is 5.41 Å². The molecular formula is C19H24O3. The molecule has 0 aromatic heterocycles. The van der Waals surface area contributed by atoms with Gasteiger partial charge in [-0.15, -0.1) is 0 Å². The number of fused-ring (bicyclic) bond motifs is 3. The maximum Gasteiger partial charge on any atom is 0.335 e. The SMILES string of the molecule is CCC[C@]12CCC(=O)C[C@H]1CCCc1cc(C(=O)O)ccc12. The number of rotatable bonds is 3. The molecule has 3 nitrogen and oxygen atoms in total. The Hall–Kier alpha value is -1.64. The maximum absolute atomic E-state index is 12.0. The zero-order valence-electron chi connectivity index (χ0n) is 13.2. The van der Waals surface area contributed by atoms with E-state index in [1.165, 1.54) is 11.1 Å². The molecule has 0 unspecified atom stereocenters. The molecule has 0 bridgehead atoms. The van der Waals surface area contributed by atoms with Crippen molar-refractivity contribution >= 4 is 11.8 Å². The summed E-state index contributed by atoms with van der Waals surface area (Å²) in [5.41, 5.74) is 3.00. The molecule has 1 aromatic rings. The molecule has 1 aromatic carbocycles. The minimum absolute atomic E-state index is 0.0888. The summed E-state index contributed by atoms with van der Waals surface area (Å²) in [5.74, 6) is -0.0140. The van der Waals surface area contributed by atoms with Crippen LogP contribution in [0.2, 0.25) is 0 Å². The zero-order chi connectivity index (χ0) is 15.7. The van der Waals surface area contributed by atoms with Crippen LogP contribution in [0.15, 0.2) is 18.2 Å². The topological polar surface area (TPSA) is 54.4 Å². The van der Waals surface area contributed by atoms with Gasteiger partial charge in [0.1, 0.15) is 5.78 Å². The van der Waals surface area contributed by atoms with Crippen LogP contribution in [0.4, 0.5) is 0 Å². The lowest BCUT2D eigenvalue weighted by atomic mass is 9.59. The largest absolute Gasteiger partial charge is 0.478 e. The molecule has 3 rings (SSSR count). The summed E-state index contributed by atoms with van der Waals surface area (Å²) in [5, 5.41) is 9.25. The molecule has 2 aliphatic carbocycles. The second-order valence-electron chi connectivity index (χ2n) is 6.92. The molecule has 0 saturated heterocycles.